The standard InChI is InChI=1S/C14H17Cl3O/c1-2-3-4-5-6-7-13(18)14-11(16)8-10(15)9-12(14)17/h8-9H,2-7H2,1H3. The number of rotatable bonds is 7. The van der Waals surface area contributed by atoms with E-state index in [4.69, 9.17) is 34.8 Å². The molecule has 0 bridgehead atoms. The Kier molecular flexibility index (Phi) is 7.06. The molecule has 1 aromatic rings. The Balaban J connectivity index is 2.57. The molecular weight excluding hydrogens is 291 g/mol. The van der Waals surface area contributed by atoms with Gasteiger partial charge in [0.05, 0.1) is 15.6 Å². The molecule has 0 fully saturated rings. The third kappa shape index (κ3) is 4.79. The summed E-state index contributed by atoms with van der Waals surface area (Å²) < 4.78 is 0. The molecule has 0 radical (unpaired) electrons. The summed E-state index contributed by atoms with van der Waals surface area (Å²) in [6.07, 6.45) is 6.03. The molecule has 0 aliphatic heterocycles. The molecule has 100 valence electrons. The monoisotopic (exact) mass is 306 g/mol. The van der Waals surface area contributed by atoms with Crippen LogP contribution in [0.5, 0.6) is 0 Å². The van der Waals surface area contributed by atoms with Crippen molar-refractivity contribution in [2.75, 3.05) is 0 Å². The lowest BCUT2D eigenvalue weighted by atomic mass is 10.0. The third-order valence-corrected chi connectivity index (χ3v) is 3.61. The number of benzene rings is 1. The van der Waals surface area contributed by atoms with Crippen molar-refractivity contribution in [3.05, 3.63) is 32.8 Å². The molecule has 0 atom stereocenters. The predicted octanol–water partition coefficient (Wildman–Crippen LogP) is 6.19. The van der Waals surface area contributed by atoms with Gasteiger partial charge in [-0.05, 0) is 18.6 Å². The molecule has 1 rings (SSSR count). The van der Waals surface area contributed by atoms with Crippen molar-refractivity contribution in [2.24, 2.45) is 0 Å². The lowest BCUT2D eigenvalue weighted by molar-refractivity contribution is 0.0979. The van der Waals surface area contributed by atoms with Crippen molar-refractivity contribution >= 4 is 40.6 Å². The maximum absolute atomic E-state index is 12.0. The Morgan fingerprint density at radius 1 is 1.00 bits per heavy atom. The number of hydrogen-bond acceptors (Lipinski definition) is 1. The highest BCUT2D eigenvalue weighted by Crippen LogP contribution is 2.30. The first-order valence-electron chi connectivity index (χ1n) is 6.24. The van der Waals surface area contributed by atoms with E-state index >= 15 is 0 Å². The van der Waals surface area contributed by atoms with Gasteiger partial charge in [-0.15, -0.1) is 0 Å². The van der Waals surface area contributed by atoms with Crippen LogP contribution in [-0.2, 0) is 0 Å². The number of carbonyl (C=O) groups is 1. The topological polar surface area (TPSA) is 17.1 Å². The summed E-state index contributed by atoms with van der Waals surface area (Å²) in [4.78, 5) is 12.0. The number of halogens is 3. The van der Waals surface area contributed by atoms with Crippen molar-refractivity contribution in [1.29, 1.82) is 0 Å². The van der Waals surface area contributed by atoms with E-state index in [0.717, 1.165) is 12.8 Å². The van der Waals surface area contributed by atoms with E-state index in [0.29, 0.717) is 27.1 Å². The molecule has 1 nitrogen and oxygen atoms in total. The summed E-state index contributed by atoms with van der Waals surface area (Å²) in [5.74, 6) is -0.00170. The molecule has 0 saturated heterocycles. The lowest BCUT2D eigenvalue weighted by Gasteiger charge is -2.06. The first-order valence-corrected chi connectivity index (χ1v) is 7.37. The van der Waals surface area contributed by atoms with Crippen LogP contribution >= 0.6 is 34.8 Å². The first kappa shape index (κ1) is 15.8. The number of unbranched alkanes of at least 4 members (excludes halogenated alkanes) is 4. The molecule has 0 N–H and O–H groups in total. The Hall–Kier alpha value is -0.240. The predicted molar refractivity (Wildman–Crippen MR) is 79.2 cm³/mol. The quantitative estimate of drug-likeness (QED) is 0.433. The highest BCUT2D eigenvalue weighted by atomic mass is 35.5. The van der Waals surface area contributed by atoms with Crippen LogP contribution < -0.4 is 0 Å². The molecule has 4 heteroatoms. The minimum Gasteiger partial charge on any atom is -0.294 e. The minimum absolute atomic E-state index is 0.00170. The van der Waals surface area contributed by atoms with Gasteiger partial charge in [-0.1, -0.05) is 67.4 Å². The third-order valence-electron chi connectivity index (χ3n) is 2.79. The van der Waals surface area contributed by atoms with Gasteiger partial charge in [0.25, 0.3) is 0 Å². The zero-order chi connectivity index (χ0) is 13.5. The van der Waals surface area contributed by atoms with Crippen molar-refractivity contribution in [3.63, 3.8) is 0 Å². The normalized spacial score (nSPS) is 10.7. The fourth-order valence-corrected chi connectivity index (χ4v) is 2.85. The molecule has 0 aliphatic carbocycles. The van der Waals surface area contributed by atoms with Crippen LogP contribution in [0.2, 0.25) is 15.1 Å². The van der Waals surface area contributed by atoms with Gasteiger partial charge in [0.1, 0.15) is 0 Å². The van der Waals surface area contributed by atoms with Gasteiger partial charge in [-0.25, -0.2) is 0 Å². The number of ketones is 1. The van der Waals surface area contributed by atoms with Crippen molar-refractivity contribution < 1.29 is 4.79 Å². The van der Waals surface area contributed by atoms with Crippen LogP contribution in [0.15, 0.2) is 12.1 Å². The van der Waals surface area contributed by atoms with Crippen LogP contribution in [0, 0.1) is 0 Å². The molecule has 0 aliphatic rings. The molecule has 0 unspecified atom stereocenters. The average Bonchev–Trinajstić information content (AvgIpc) is 2.27. The number of hydrogen-bond donors (Lipinski definition) is 0. The molecule has 0 aromatic heterocycles. The highest BCUT2D eigenvalue weighted by Gasteiger charge is 2.15. The summed E-state index contributed by atoms with van der Waals surface area (Å²) in [6.45, 7) is 2.17. The highest BCUT2D eigenvalue weighted by molar-refractivity contribution is 6.42. The smallest absolute Gasteiger partial charge is 0.165 e. The van der Waals surface area contributed by atoms with E-state index in [2.05, 4.69) is 6.92 Å². The molecule has 18 heavy (non-hydrogen) atoms. The average molecular weight is 308 g/mol. The number of Topliss-reactive ketones (excluding diaryl/α,β-unsaturated/α-hetero) is 1. The Bertz CT molecular complexity index is 392. The van der Waals surface area contributed by atoms with Crippen LogP contribution in [0.25, 0.3) is 0 Å². The van der Waals surface area contributed by atoms with Crippen LogP contribution in [0.4, 0.5) is 0 Å². The molecular formula is C14H17Cl3O. The van der Waals surface area contributed by atoms with E-state index < -0.39 is 0 Å². The van der Waals surface area contributed by atoms with Gasteiger partial charge in [0.2, 0.25) is 0 Å². The van der Waals surface area contributed by atoms with E-state index in [1.54, 1.807) is 12.1 Å². The van der Waals surface area contributed by atoms with Crippen molar-refractivity contribution in [1.82, 2.24) is 0 Å². The lowest BCUT2D eigenvalue weighted by Crippen LogP contribution is -2.01. The molecule has 0 amide bonds. The SMILES string of the molecule is CCCCCCCC(=O)c1c(Cl)cc(Cl)cc1Cl. The fourth-order valence-electron chi connectivity index (χ4n) is 1.82. The summed E-state index contributed by atoms with van der Waals surface area (Å²) >= 11 is 17.8. The molecule has 0 heterocycles. The minimum atomic E-state index is -0.00170. The zero-order valence-electron chi connectivity index (χ0n) is 10.4. The second-order valence-corrected chi connectivity index (χ2v) is 5.58. The van der Waals surface area contributed by atoms with Gasteiger partial charge in [-0.3, -0.25) is 4.79 Å². The van der Waals surface area contributed by atoms with E-state index in [1.165, 1.54) is 19.3 Å². The molecule has 0 saturated carbocycles. The molecule has 1 aromatic carbocycles. The van der Waals surface area contributed by atoms with Gasteiger partial charge < -0.3 is 0 Å². The van der Waals surface area contributed by atoms with Crippen molar-refractivity contribution in [3.8, 4) is 0 Å². The van der Waals surface area contributed by atoms with E-state index in [-0.39, 0.29) is 5.78 Å². The zero-order valence-corrected chi connectivity index (χ0v) is 12.7. The second-order valence-electron chi connectivity index (χ2n) is 4.33. The second kappa shape index (κ2) is 8.04. The summed E-state index contributed by atoms with van der Waals surface area (Å²) in [5.41, 5.74) is 0.401. The van der Waals surface area contributed by atoms with E-state index in [1.807, 2.05) is 0 Å². The fraction of sp³-hybridized carbons (Fsp3) is 0.500. The maximum Gasteiger partial charge on any atom is 0.165 e. The van der Waals surface area contributed by atoms with Crippen LogP contribution in [0.3, 0.4) is 0 Å². The molecule has 0 spiro atoms. The van der Waals surface area contributed by atoms with Crippen molar-refractivity contribution in [2.45, 2.75) is 45.4 Å². The Labute approximate surface area is 123 Å². The van der Waals surface area contributed by atoms with Gasteiger partial charge in [0.15, 0.2) is 5.78 Å². The van der Waals surface area contributed by atoms with Gasteiger partial charge in [0, 0.05) is 11.4 Å². The van der Waals surface area contributed by atoms with Gasteiger partial charge >= 0.3 is 0 Å². The van der Waals surface area contributed by atoms with Gasteiger partial charge in [-0.2, -0.15) is 0 Å². The largest absolute Gasteiger partial charge is 0.294 e. The summed E-state index contributed by atoms with van der Waals surface area (Å²) in [7, 11) is 0. The maximum atomic E-state index is 12.0. The Morgan fingerprint density at radius 2 is 1.56 bits per heavy atom. The first-order chi connectivity index (χ1) is 8.56. The van der Waals surface area contributed by atoms with Crippen LogP contribution in [-0.4, -0.2) is 5.78 Å². The summed E-state index contributed by atoms with van der Waals surface area (Å²) in [5, 5.41) is 1.13. The van der Waals surface area contributed by atoms with Crippen LogP contribution in [0.1, 0.15) is 55.8 Å². The number of carbonyl (C=O) groups excluding carboxylic acids is 1. The Morgan fingerprint density at radius 3 is 2.11 bits per heavy atom. The summed E-state index contributed by atoms with van der Waals surface area (Å²) in [6, 6.07) is 3.11. The van der Waals surface area contributed by atoms with E-state index in [9.17, 15) is 4.79 Å².